The van der Waals surface area contributed by atoms with Gasteiger partial charge in [0.05, 0.1) is 12.7 Å². The highest BCUT2D eigenvalue weighted by Crippen LogP contribution is 2.30. The van der Waals surface area contributed by atoms with E-state index in [4.69, 9.17) is 4.74 Å². The number of piperidine rings is 1. The predicted octanol–water partition coefficient (Wildman–Crippen LogP) is 2.00. The minimum absolute atomic E-state index is 0.0729. The molecule has 1 aromatic rings. The van der Waals surface area contributed by atoms with E-state index in [1.165, 1.54) is 7.11 Å². The number of para-hydroxylation sites is 1. The first-order valence-corrected chi connectivity index (χ1v) is 7.56. The van der Waals surface area contributed by atoms with Crippen LogP contribution in [-0.4, -0.2) is 48.7 Å². The van der Waals surface area contributed by atoms with Crippen LogP contribution < -0.4 is 10.1 Å². The summed E-state index contributed by atoms with van der Waals surface area (Å²) < 4.78 is 5.05. The second-order valence-electron chi connectivity index (χ2n) is 5.38. The number of methoxy groups -OCH3 is 1. The molecule has 1 aromatic carbocycles. The van der Waals surface area contributed by atoms with E-state index in [0.717, 1.165) is 38.9 Å². The van der Waals surface area contributed by atoms with Gasteiger partial charge in [0.25, 0.3) is 5.91 Å². The Bertz CT molecular complexity index is 482. The summed E-state index contributed by atoms with van der Waals surface area (Å²) in [5.74, 6) is 0.136. The number of rotatable bonds is 5. The fourth-order valence-corrected chi connectivity index (χ4v) is 2.67. The van der Waals surface area contributed by atoms with Crippen LogP contribution >= 0.6 is 0 Å². The number of aromatic hydroxyl groups is 1. The molecule has 5 heteroatoms. The predicted molar refractivity (Wildman–Crippen MR) is 81.9 cm³/mol. The molecular weight excluding hydrogens is 268 g/mol. The summed E-state index contributed by atoms with van der Waals surface area (Å²) in [4.78, 5) is 14.3. The molecule has 1 heterocycles. The number of amides is 1. The minimum Gasteiger partial charge on any atom is -0.504 e. The van der Waals surface area contributed by atoms with Crippen LogP contribution in [0.2, 0.25) is 0 Å². The number of hydrogen-bond donors (Lipinski definition) is 2. The summed E-state index contributed by atoms with van der Waals surface area (Å²) in [5.41, 5.74) is 0.314. The Kier molecular flexibility index (Phi) is 5.44. The van der Waals surface area contributed by atoms with E-state index in [0.29, 0.717) is 17.4 Å². The van der Waals surface area contributed by atoms with Gasteiger partial charge in [0, 0.05) is 19.1 Å². The van der Waals surface area contributed by atoms with E-state index in [1.807, 2.05) is 0 Å². The quantitative estimate of drug-likeness (QED) is 0.871. The molecule has 0 aromatic heterocycles. The molecular formula is C16H24N2O3. The number of phenolic OH excluding ortho intramolecular Hbond substituents is 1. The molecule has 116 valence electrons. The molecule has 1 aliphatic rings. The molecule has 0 atom stereocenters. The van der Waals surface area contributed by atoms with E-state index in [2.05, 4.69) is 12.2 Å². The molecule has 0 unspecified atom stereocenters. The summed E-state index contributed by atoms with van der Waals surface area (Å²) in [6, 6.07) is 5.50. The molecule has 2 N–H and O–H groups in total. The highest BCUT2D eigenvalue weighted by atomic mass is 16.5. The lowest BCUT2D eigenvalue weighted by molar-refractivity contribution is 0.0701. The highest BCUT2D eigenvalue weighted by Gasteiger charge is 2.25. The third-order valence-corrected chi connectivity index (χ3v) is 3.91. The van der Waals surface area contributed by atoms with Gasteiger partial charge in [-0.25, -0.2) is 0 Å². The second-order valence-corrected chi connectivity index (χ2v) is 5.38. The molecule has 1 fully saturated rings. The number of phenols is 1. The molecule has 0 saturated carbocycles. The molecule has 1 amide bonds. The van der Waals surface area contributed by atoms with E-state index in [-0.39, 0.29) is 11.7 Å². The van der Waals surface area contributed by atoms with Gasteiger partial charge in [0.15, 0.2) is 11.5 Å². The topological polar surface area (TPSA) is 61.8 Å². The summed E-state index contributed by atoms with van der Waals surface area (Å²) in [6.07, 6.45) is 3.03. The molecule has 0 bridgehead atoms. The van der Waals surface area contributed by atoms with Gasteiger partial charge < -0.3 is 20.1 Å². The van der Waals surface area contributed by atoms with Gasteiger partial charge in [-0.05, 0) is 37.9 Å². The summed E-state index contributed by atoms with van der Waals surface area (Å²) in [6.45, 7) is 4.61. The van der Waals surface area contributed by atoms with Crippen LogP contribution in [0.4, 0.5) is 0 Å². The van der Waals surface area contributed by atoms with Gasteiger partial charge in [-0.15, -0.1) is 0 Å². The van der Waals surface area contributed by atoms with E-state index >= 15 is 0 Å². The number of nitrogens with zero attached hydrogens (tertiary/aromatic N) is 1. The van der Waals surface area contributed by atoms with Crippen molar-refractivity contribution in [1.29, 1.82) is 0 Å². The molecule has 0 aliphatic carbocycles. The SMILES string of the molecule is CCCNC1CCN(C(=O)c2cccc(OC)c2O)CC1. The van der Waals surface area contributed by atoms with Crippen molar-refractivity contribution in [2.24, 2.45) is 0 Å². The van der Waals surface area contributed by atoms with Crippen molar-refractivity contribution >= 4 is 5.91 Å². The van der Waals surface area contributed by atoms with Gasteiger partial charge in [-0.3, -0.25) is 4.79 Å². The van der Waals surface area contributed by atoms with Crippen LogP contribution in [0.5, 0.6) is 11.5 Å². The molecule has 0 radical (unpaired) electrons. The zero-order valence-electron chi connectivity index (χ0n) is 12.8. The van der Waals surface area contributed by atoms with Crippen molar-refractivity contribution in [3.8, 4) is 11.5 Å². The third kappa shape index (κ3) is 3.67. The number of benzene rings is 1. The summed E-state index contributed by atoms with van der Waals surface area (Å²) in [5, 5.41) is 13.6. The second kappa shape index (κ2) is 7.31. The molecule has 21 heavy (non-hydrogen) atoms. The number of hydrogen-bond acceptors (Lipinski definition) is 4. The Morgan fingerprint density at radius 1 is 1.43 bits per heavy atom. The standard InChI is InChI=1S/C16H24N2O3/c1-3-9-17-12-7-10-18(11-8-12)16(20)13-5-4-6-14(21-2)15(13)19/h4-6,12,17,19H,3,7-11H2,1-2H3. The average molecular weight is 292 g/mol. The minimum atomic E-state index is -0.125. The highest BCUT2D eigenvalue weighted by molar-refractivity contribution is 5.97. The number of ether oxygens (including phenoxy) is 1. The molecule has 5 nitrogen and oxygen atoms in total. The Balaban J connectivity index is 1.99. The van der Waals surface area contributed by atoms with Crippen molar-refractivity contribution in [3.63, 3.8) is 0 Å². The van der Waals surface area contributed by atoms with Gasteiger partial charge in [-0.1, -0.05) is 13.0 Å². The van der Waals surface area contributed by atoms with E-state index < -0.39 is 0 Å². The fourth-order valence-electron chi connectivity index (χ4n) is 2.67. The Hall–Kier alpha value is -1.75. The lowest BCUT2D eigenvalue weighted by Gasteiger charge is -2.32. The Morgan fingerprint density at radius 3 is 2.76 bits per heavy atom. The number of likely N-dealkylation sites (tertiary alicyclic amines) is 1. The van der Waals surface area contributed by atoms with Crippen LogP contribution in [0.3, 0.4) is 0 Å². The largest absolute Gasteiger partial charge is 0.504 e. The molecule has 0 spiro atoms. The van der Waals surface area contributed by atoms with Crippen LogP contribution in [-0.2, 0) is 0 Å². The maximum absolute atomic E-state index is 12.5. The van der Waals surface area contributed by atoms with E-state index in [9.17, 15) is 9.90 Å². The van der Waals surface area contributed by atoms with Crippen molar-refractivity contribution in [1.82, 2.24) is 10.2 Å². The van der Waals surface area contributed by atoms with Gasteiger partial charge in [0.2, 0.25) is 0 Å². The normalized spacial score (nSPS) is 16.0. The van der Waals surface area contributed by atoms with Gasteiger partial charge in [0.1, 0.15) is 0 Å². The van der Waals surface area contributed by atoms with E-state index in [1.54, 1.807) is 23.1 Å². The maximum Gasteiger partial charge on any atom is 0.257 e. The first kappa shape index (κ1) is 15.6. The number of carbonyl (C=O) groups excluding carboxylic acids is 1. The van der Waals surface area contributed by atoms with Crippen LogP contribution in [0.1, 0.15) is 36.5 Å². The lowest BCUT2D eigenvalue weighted by atomic mass is 10.0. The zero-order chi connectivity index (χ0) is 15.2. The van der Waals surface area contributed by atoms with Gasteiger partial charge in [-0.2, -0.15) is 0 Å². The maximum atomic E-state index is 12.5. The molecule has 1 aliphatic heterocycles. The third-order valence-electron chi connectivity index (χ3n) is 3.91. The number of nitrogens with one attached hydrogen (secondary N) is 1. The first-order valence-electron chi connectivity index (χ1n) is 7.56. The average Bonchev–Trinajstić information content (AvgIpc) is 2.53. The number of carbonyl (C=O) groups is 1. The summed E-state index contributed by atoms with van der Waals surface area (Å²) in [7, 11) is 1.48. The van der Waals surface area contributed by atoms with Crippen LogP contribution in [0.15, 0.2) is 18.2 Å². The van der Waals surface area contributed by atoms with Crippen molar-refractivity contribution in [2.75, 3.05) is 26.7 Å². The monoisotopic (exact) mass is 292 g/mol. The van der Waals surface area contributed by atoms with Crippen molar-refractivity contribution in [2.45, 2.75) is 32.2 Å². The molecule has 1 saturated heterocycles. The molecule has 2 rings (SSSR count). The Morgan fingerprint density at radius 2 is 2.14 bits per heavy atom. The van der Waals surface area contributed by atoms with Crippen molar-refractivity contribution < 1.29 is 14.6 Å². The smallest absolute Gasteiger partial charge is 0.257 e. The van der Waals surface area contributed by atoms with Crippen molar-refractivity contribution in [3.05, 3.63) is 23.8 Å². The van der Waals surface area contributed by atoms with Gasteiger partial charge >= 0.3 is 0 Å². The van der Waals surface area contributed by atoms with Crippen LogP contribution in [0, 0.1) is 0 Å². The van der Waals surface area contributed by atoms with Crippen LogP contribution in [0.25, 0.3) is 0 Å². The first-order chi connectivity index (χ1) is 10.2. The Labute approximate surface area is 125 Å². The lowest BCUT2D eigenvalue weighted by Crippen LogP contribution is -2.45. The fraction of sp³-hybridized carbons (Fsp3) is 0.562. The summed E-state index contributed by atoms with van der Waals surface area (Å²) >= 11 is 0. The zero-order valence-corrected chi connectivity index (χ0v) is 12.8.